The summed E-state index contributed by atoms with van der Waals surface area (Å²) in [4.78, 5) is 14.8. The molecule has 8 heteroatoms. The first-order chi connectivity index (χ1) is 13.8. The number of sulfonamides is 1. The minimum absolute atomic E-state index is 0.0995. The summed E-state index contributed by atoms with van der Waals surface area (Å²) in [6.07, 6.45) is 6.51. The summed E-state index contributed by atoms with van der Waals surface area (Å²) in [5.41, 5.74) is 5.94. The van der Waals surface area contributed by atoms with Gasteiger partial charge in [0.25, 0.3) is 0 Å². The van der Waals surface area contributed by atoms with Gasteiger partial charge in [-0.3, -0.25) is 0 Å². The van der Waals surface area contributed by atoms with Crippen molar-refractivity contribution in [3.05, 3.63) is 28.3 Å². The monoisotopic (exact) mass is 419 g/mol. The van der Waals surface area contributed by atoms with E-state index in [1.54, 1.807) is 0 Å². The molecule has 2 fully saturated rings. The zero-order chi connectivity index (χ0) is 20.2. The fourth-order valence-corrected chi connectivity index (χ4v) is 6.98. The zero-order valence-electron chi connectivity index (χ0n) is 16.9. The van der Waals surface area contributed by atoms with E-state index in [4.69, 9.17) is 4.74 Å². The summed E-state index contributed by atoms with van der Waals surface area (Å²) >= 11 is 0. The first kappa shape index (κ1) is 19.3. The van der Waals surface area contributed by atoms with Crippen LogP contribution in [0, 0.1) is 5.41 Å². The average molecular weight is 420 g/mol. The van der Waals surface area contributed by atoms with Gasteiger partial charge in [-0.2, -0.15) is 0 Å². The Hall–Kier alpha value is -1.64. The highest BCUT2D eigenvalue weighted by molar-refractivity contribution is 7.90. The second-order valence-electron chi connectivity index (χ2n) is 9.38. The van der Waals surface area contributed by atoms with Crippen molar-refractivity contribution in [2.24, 2.45) is 5.41 Å². The molecule has 158 valence electrons. The third kappa shape index (κ3) is 3.66. The number of carbonyl (C=O) groups is 1. The maximum Gasteiger partial charge on any atom is 0.332 e. The van der Waals surface area contributed by atoms with Crippen molar-refractivity contribution >= 4 is 21.7 Å². The number of likely N-dealkylation sites (tertiary alicyclic amines) is 1. The Morgan fingerprint density at radius 3 is 2.45 bits per heavy atom. The zero-order valence-corrected chi connectivity index (χ0v) is 17.7. The number of rotatable bonds is 4. The predicted octanol–water partition coefficient (Wildman–Crippen LogP) is 1.84. The van der Waals surface area contributed by atoms with Crippen LogP contribution in [0.2, 0.25) is 0 Å². The van der Waals surface area contributed by atoms with E-state index in [0.717, 1.165) is 63.7 Å². The van der Waals surface area contributed by atoms with E-state index in [-0.39, 0.29) is 17.3 Å². The quantitative estimate of drug-likeness (QED) is 0.778. The molecule has 2 amide bonds. The van der Waals surface area contributed by atoms with Gasteiger partial charge in [-0.25, -0.2) is 17.9 Å². The molecule has 1 aromatic carbocycles. The lowest BCUT2D eigenvalue weighted by atomic mass is 9.78. The van der Waals surface area contributed by atoms with Crippen LogP contribution in [0.25, 0.3) is 0 Å². The molecule has 2 heterocycles. The number of carbonyl (C=O) groups excluding carboxylic acids is 1. The summed E-state index contributed by atoms with van der Waals surface area (Å²) in [6.45, 7) is 2.50. The molecule has 2 aliphatic carbocycles. The van der Waals surface area contributed by atoms with E-state index in [9.17, 15) is 13.2 Å². The Morgan fingerprint density at radius 1 is 1.17 bits per heavy atom. The summed E-state index contributed by atoms with van der Waals surface area (Å²) < 4.78 is 33.1. The van der Waals surface area contributed by atoms with E-state index < -0.39 is 16.1 Å². The molecule has 0 bridgehead atoms. The van der Waals surface area contributed by atoms with E-state index in [1.807, 2.05) is 0 Å². The van der Waals surface area contributed by atoms with Crippen LogP contribution in [-0.4, -0.2) is 57.9 Å². The lowest BCUT2D eigenvalue weighted by Crippen LogP contribution is -2.54. The third-order valence-electron chi connectivity index (χ3n) is 6.86. The fourth-order valence-electron chi connectivity index (χ4n) is 5.86. The molecule has 7 nitrogen and oxygen atoms in total. The van der Waals surface area contributed by atoms with Crippen molar-refractivity contribution in [1.82, 2.24) is 9.62 Å². The number of benzene rings is 1. The maximum absolute atomic E-state index is 12.6. The van der Waals surface area contributed by atoms with Crippen molar-refractivity contribution in [2.45, 2.75) is 51.0 Å². The number of urea groups is 1. The van der Waals surface area contributed by atoms with Crippen molar-refractivity contribution in [3.63, 3.8) is 0 Å². The van der Waals surface area contributed by atoms with Crippen molar-refractivity contribution in [3.8, 4) is 0 Å². The van der Waals surface area contributed by atoms with Gasteiger partial charge in [0.15, 0.2) is 0 Å². The van der Waals surface area contributed by atoms with Gasteiger partial charge in [-0.15, -0.1) is 0 Å². The lowest BCUT2D eigenvalue weighted by Gasteiger charge is -2.45. The molecule has 1 atom stereocenters. The van der Waals surface area contributed by atoms with Gasteiger partial charge < -0.3 is 15.0 Å². The lowest BCUT2D eigenvalue weighted by molar-refractivity contribution is 0.00987. The maximum atomic E-state index is 12.6. The number of aryl methyl sites for hydroxylation is 2. The highest BCUT2D eigenvalue weighted by Crippen LogP contribution is 2.41. The normalized spacial score (nSPS) is 24.9. The number of anilines is 1. The molecule has 0 radical (unpaired) electrons. The number of ether oxygens (including phenoxy) is 1. The topological polar surface area (TPSA) is 87.7 Å². The second-order valence-corrected chi connectivity index (χ2v) is 11.1. The Balaban J connectivity index is 1.25. The van der Waals surface area contributed by atoms with Gasteiger partial charge in [0.1, 0.15) is 0 Å². The largest absolute Gasteiger partial charge is 0.376 e. The highest BCUT2D eigenvalue weighted by atomic mass is 32.2. The minimum atomic E-state index is -3.76. The van der Waals surface area contributed by atoms with Crippen LogP contribution >= 0.6 is 0 Å². The van der Waals surface area contributed by atoms with Gasteiger partial charge in [-0.05, 0) is 74.2 Å². The number of amides is 2. The molecule has 2 aliphatic heterocycles. The molecule has 2 saturated heterocycles. The molecule has 0 saturated carbocycles. The Labute approximate surface area is 172 Å². The number of fused-ring (bicyclic) bond motifs is 2. The number of hydrogen-bond acceptors (Lipinski definition) is 5. The molecule has 2 N–H and O–H groups in total. The summed E-state index contributed by atoms with van der Waals surface area (Å²) in [5, 5.41) is 2.89. The summed E-state index contributed by atoms with van der Waals surface area (Å²) in [6, 6.07) is 1.63. The van der Waals surface area contributed by atoms with Crippen LogP contribution in [0.5, 0.6) is 0 Å². The Morgan fingerprint density at radius 2 is 1.83 bits per heavy atom. The van der Waals surface area contributed by atoms with E-state index in [0.29, 0.717) is 6.61 Å². The van der Waals surface area contributed by atoms with Crippen molar-refractivity contribution in [2.75, 3.05) is 37.8 Å². The first-order valence-electron chi connectivity index (χ1n) is 10.6. The third-order valence-corrected chi connectivity index (χ3v) is 8.17. The summed E-state index contributed by atoms with van der Waals surface area (Å²) in [5.74, 6) is -0.170. The highest BCUT2D eigenvalue weighted by Gasteiger charge is 2.48. The molecular weight excluding hydrogens is 390 g/mol. The van der Waals surface area contributed by atoms with Gasteiger partial charge in [0.2, 0.25) is 10.0 Å². The van der Waals surface area contributed by atoms with Crippen LogP contribution in [0.3, 0.4) is 0 Å². The first-order valence-corrected chi connectivity index (χ1v) is 12.3. The van der Waals surface area contributed by atoms with Crippen molar-refractivity contribution < 1.29 is 17.9 Å². The van der Waals surface area contributed by atoms with Crippen LogP contribution in [0.15, 0.2) is 6.07 Å². The molecule has 0 aromatic heterocycles. The molecule has 1 spiro atoms. The van der Waals surface area contributed by atoms with Crippen molar-refractivity contribution in [1.29, 1.82) is 0 Å². The SMILES string of the molecule is CN1CC2(COC(CS(=O)(=O)NC(=O)Nc3c4c(cc5c3CCC5)CCC4)C2)C1. The molecule has 5 rings (SSSR count). The van der Waals surface area contributed by atoms with Crippen LogP contribution in [0.4, 0.5) is 10.5 Å². The standard InChI is InChI=1S/C21H29N3O4S/c1-24-11-21(12-24)9-16(28-13-21)10-29(26,27)23-20(25)22-19-17-6-2-4-14(17)8-15-5-3-7-18(15)19/h8,16H,2-7,9-13H2,1H3,(H2,22,23,25). The minimum Gasteiger partial charge on any atom is -0.376 e. The van der Waals surface area contributed by atoms with Crippen LogP contribution in [0.1, 0.15) is 41.5 Å². The van der Waals surface area contributed by atoms with Gasteiger partial charge in [0, 0.05) is 24.2 Å². The van der Waals surface area contributed by atoms with Crippen LogP contribution < -0.4 is 10.0 Å². The number of nitrogens with zero attached hydrogens (tertiary/aromatic N) is 1. The molecule has 29 heavy (non-hydrogen) atoms. The van der Waals surface area contributed by atoms with Gasteiger partial charge >= 0.3 is 6.03 Å². The summed E-state index contributed by atoms with van der Waals surface area (Å²) in [7, 11) is -1.71. The Bertz CT molecular complexity index is 921. The van der Waals surface area contributed by atoms with E-state index >= 15 is 0 Å². The average Bonchev–Trinajstić information content (AvgIpc) is 3.32. The Kier molecular flexibility index (Phi) is 4.64. The van der Waals surface area contributed by atoms with E-state index in [1.165, 1.54) is 22.3 Å². The molecule has 4 aliphatic rings. The fraction of sp³-hybridized carbons (Fsp3) is 0.667. The molecule has 1 aromatic rings. The van der Waals surface area contributed by atoms with Gasteiger partial charge in [0.05, 0.1) is 18.5 Å². The molecule has 1 unspecified atom stereocenters. The molecular formula is C21H29N3O4S. The smallest absolute Gasteiger partial charge is 0.332 e. The van der Waals surface area contributed by atoms with E-state index in [2.05, 4.69) is 28.1 Å². The van der Waals surface area contributed by atoms with Crippen LogP contribution in [-0.2, 0) is 40.4 Å². The second kappa shape index (κ2) is 6.96. The number of hydrogen-bond donors (Lipinski definition) is 2. The van der Waals surface area contributed by atoms with Gasteiger partial charge in [-0.1, -0.05) is 6.07 Å². The predicted molar refractivity (Wildman–Crippen MR) is 111 cm³/mol. The number of nitrogens with one attached hydrogen (secondary N) is 2.